The van der Waals surface area contributed by atoms with Gasteiger partial charge in [0.1, 0.15) is 6.54 Å². The zero-order valence-electron chi connectivity index (χ0n) is 9.73. The van der Waals surface area contributed by atoms with Gasteiger partial charge >= 0.3 is 0 Å². The standard InChI is InChI=1S/C9H17N5O.HI/c1-6(2)4-11-9(10)12-5-8-13-7(3)15-14-8;/h6H,4-5H2,1-3H3,(H3,10,11,12);1H. The molecular weight excluding hydrogens is 321 g/mol. The number of aryl methyl sites for hydroxylation is 1. The number of aromatic nitrogens is 2. The van der Waals surface area contributed by atoms with Crippen LogP contribution in [0.4, 0.5) is 0 Å². The van der Waals surface area contributed by atoms with E-state index >= 15 is 0 Å². The van der Waals surface area contributed by atoms with E-state index in [9.17, 15) is 0 Å². The zero-order chi connectivity index (χ0) is 11.3. The number of aliphatic imine (C=N–C) groups is 1. The molecule has 0 unspecified atom stereocenters. The van der Waals surface area contributed by atoms with Crippen LogP contribution in [-0.4, -0.2) is 22.6 Å². The second kappa shape index (κ2) is 7.42. The van der Waals surface area contributed by atoms with Gasteiger partial charge in [0.05, 0.1) is 0 Å². The molecule has 0 aromatic carbocycles. The maximum absolute atomic E-state index is 5.63. The number of nitrogens with zero attached hydrogens (tertiary/aromatic N) is 3. The summed E-state index contributed by atoms with van der Waals surface area (Å²) in [6, 6.07) is 0. The molecule has 0 amide bonds. The molecule has 1 aromatic heterocycles. The van der Waals surface area contributed by atoms with E-state index in [0.717, 1.165) is 6.54 Å². The van der Waals surface area contributed by atoms with E-state index < -0.39 is 0 Å². The summed E-state index contributed by atoms with van der Waals surface area (Å²) in [5, 5.41) is 6.71. The number of hydrogen-bond donors (Lipinski definition) is 2. The van der Waals surface area contributed by atoms with Crippen LogP contribution in [0.5, 0.6) is 0 Å². The van der Waals surface area contributed by atoms with Gasteiger partial charge in [-0.05, 0) is 5.92 Å². The Bertz CT molecular complexity index is 336. The Morgan fingerprint density at radius 1 is 1.56 bits per heavy atom. The lowest BCUT2D eigenvalue weighted by Gasteiger charge is -2.06. The lowest BCUT2D eigenvalue weighted by Crippen LogP contribution is -2.34. The Morgan fingerprint density at radius 2 is 2.25 bits per heavy atom. The first-order chi connectivity index (χ1) is 7.08. The molecule has 0 bridgehead atoms. The largest absolute Gasteiger partial charge is 0.370 e. The first-order valence-electron chi connectivity index (χ1n) is 4.91. The van der Waals surface area contributed by atoms with Crippen molar-refractivity contribution in [1.82, 2.24) is 15.5 Å². The molecule has 1 aromatic rings. The summed E-state index contributed by atoms with van der Waals surface area (Å²) in [5.41, 5.74) is 5.63. The second-order valence-corrected chi connectivity index (χ2v) is 3.71. The van der Waals surface area contributed by atoms with Crippen LogP contribution in [0.2, 0.25) is 0 Å². The van der Waals surface area contributed by atoms with Crippen molar-refractivity contribution in [2.45, 2.75) is 27.3 Å². The van der Waals surface area contributed by atoms with Gasteiger partial charge in [-0.25, -0.2) is 4.99 Å². The fraction of sp³-hybridized carbons (Fsp3) is 0.667. The lowest BCUT2D eigenvalue weighted by molar-refractivity contribution is 0.387. The van der Waals surface area contributed by atoms with Crippen LogP contribution in [0.25, 0.3) is 0 Å². The molecule has 7 heteroatoms. The van der Waals surface area contributed by atoms with Gasteiger partial charge in [-0.15, -0.1) is 24.0 Å². The highest BCUT2D eigenvalue weighted by Gasteiger charge is 2.01. The van der Waals surface area contributed by atoms with Crippen molar-refractivity contribution in [2.75, 3.05) is 6.54 Å². The smallest absolute Gasteiger partial charge is 0.223 e. The van der Waals surface area contributed by atoms with Gasteiger partial charge in [0.15, 0.2) is 11.8 Å². The molecular formula is C9H18IN5O. The summed E-state index contributed by atoms with van der Waals surface area (Å²) in [6.45, 7) is 7.08. The summed E-state index contributed by atoms with van der Waals surface area (Å²) in [4.78, 5) is 8.09. The molecule has 0 aliphatic heterocycles. The second-order valence-electron chi connectivity index (χ2n) is 3.71. The number of nitrogens with two attached hydrogens (primary N) is 1. The molecule has 0 saturated heterocycles. The number of rotatable bonds is 4. The van der Waals surface area contributed by atoms with E-state index in [1.54, 1.807) is 6.92 Å². The quantitative estimate of drug-likeness (QED) is 0.486. The van der Waals surface area contributed by atoms with Gasteiger partial charge in [0.2, 0.25) is 5.89 Å². The first kappa shape index (κ1) is 15.1. The molecule has 6 nitrogen and oxygen atoms in total. The van der Waals surface area contributed by atoms with E-state index in [4.69, 9.17) is 10.3 Å². The van der Waals surface area contributed by atoms with Gasteiger partial charge in [-0.2, -0.15) is 4.98 Å². The van der Waals surface area contributed by atoms with E-state index in [1.807, 2.05) is 0 Å². The minimum absolute atomic E-state index is 0. The predicted octanol–water partition coefficient (Wildman–Crippen LogP) is 1.06. The fourth-order valence-corrected chi connectivity index (χ4v) is 0.926. The van der Waals surface area contributed by atoms with Crippen LogP contribution in [0.3, 0.4) is 0 Å². The summed E-state index contributed by atoms with van der Waals surface area (Å²) in [7, 11) is 0. The Balaban J connectivity index is 0.00000225. The molecule has 1 rings (SSSR count). The molecule has 0 atom stereocenters. The molecule has 16 heavy (non-hydrogen) atoms. The number of halogens is 1. The van der Waals surface area contributed by atoms with E-state index in [-0.39, 0.29) is 24.0 Å². The van der Waals surface area contributed by atoms with Crippen LogP contribution in [0, 0.1) is 12.8 Å². The van der Waals surface area contributed by atoms with Gasteiger partial charge in [-0.3, -0.25) is 0 Å². The molecule has 92 valence electrons. The molecule has 1 heterocycles. The zero-order valence-corrected chi connectivity index (χ0v) is 12.1. The van der Waals surface area contributed by atoms with Crippen molar-refractivity contribution < 1.29 is 4.52 Å². The SMILES string of the molecule is Cc1nc(CN=C(N)NCC(C)C)no1.I. The summed E-state index contributed by atoms with van der Waals surface area (Å²) < 4.78 is 4.80. The average molecular weight is 339 g/mol. The Labute approximate surface area is 112 Å². The van der Waals surface area contributed by atoms with Gasteiger partial charge in [0.25, 0.3) is 0 Å². The van der Waals surface area contributed by atoms with Crippen molar-refractivity contribution in [3.8, 4) is 0 Å². The van der Waals surface area contributed by atoms with Crippen molar-refractivity contribution >= 4 is 29.9 Å². The Hall–Kier alpha value is -0.860. The Morgan fingerprint density at radius 3 is 2.75 bits per heavy atom. The highest BCUT2D eigenvalue weighted by atomic mass is 127. The first-order valence-corrected chi connectivity index (χ1v) is 4.91. The van der Waals surface area contributed by atoms with E-state index in [0.29, 0.717) is 30.1 Å². The van der Waals surface area contributed by atoms with Crippen molar-refractivity contribution in [3.05, 3.63) is 11.7 Å². The van der Waals surface area contributed by atoms with Crippen molar-refractivity contribution in [3.63, 3.8) is 0 Å². The molecule has 0 aliphatic carbocycles. The minimum Gasteiger partial charge on any atom is -0.370 e. The fourth-order valence-electron chi connectivity index (χ4n) is 0.926. The summed E-state index contributed by atoms with van der Waals surface area (Å²) in [5.74, 6) is 2.02. The third-order valence-corrected chi connectivity index (χ3v) is 1.65. The maximum Gasteiger partial charge on any atom is 0.223 e. The predicted molar refractivity (Wildman–Crippen MR) is 72.6 cm³/mol. The van der Waals surface area contributed by atoms with Gasteiger partial charge in [-0.1, -0.05) is 19.0 Å². The van der Waals surface area contributed by atoms with E-state index in [1.165, 1.54) is 0 Å². The van der Waals surface area contributed by atoms with Gasteiger partial charge < -0.3 is 15.6 Å². The van der Waals surface area contributed by atoms with Crippen LogP contribution in [0.15, 0.2) is 9.52 Å². The highest BCUT2D eigenvalue weighted by Crippen LogP contribution is 1.96. The van der Waals surface area contributed by atoms with Crippen LogP contribution >= 0.6 is 24.0 Å². The summed E-state index contributed by atoms with van der Waals surface area (Å²) in [6.07, 6.45) is 0. The normalized spacial score (nSPS) is 11.4. The number of nitrogens with one attached hydrogen (secondary N) is 1. The molecule has 0 spiro atoms. The van der Waals surface area contributed by atoms with E-state index in [2.05, 4.69) is 34.3 Å². The summed E-state index contributed by atoms with van der Waals surface area (Å²) >= 11 is 0. The van der Waals surface area contributed by atoms with Crippen LogP contribution in [0.1, 0.15) is 25.6 Å². The third kappa shape index (κ3) is 5.89. The van der Waals surface area contributed by atoms with Crippen LogP contribution in [-0.2, 0) is 6.54 Å². The molecule has 0 fully saturated rings. The lowest BCUT2D eigenvalue weighted by atomic mass is 10.2. The van der Waals surface area contributed by atoms with Gasteiger partial charge in [0, 0.05) is 13.5 Å². The monoisotopic (exact) mass is 339 g/mol. The average Bonchev–Trinajstić information content (AvgIpc) is 2.58. The Kier molecular flexibility index (Phi) is 7.02. The highest BCUT2D eigenvalue weighted by molar-refractivity contribution is 14.0. The maximum atomic E-state index is 5.63. The third-order valence-electron chi connectivity index (χ3n) is 1.65. The molecule has 0 radical (unpaired) electrons. The van der Waals surface area contributed by atoms with Crippen molar-refractivity contribution in [1.29, 1.82) is 0 Å². The van der Waals surface area contributed by atoms with Crippen LogP contribution < -0.4 is 11.1 Å². The minimum atomic E-state index is 0. The number of guanidine groups is 1. The van der Waals surface area contributed by atoms with Crippen molar-refractivity contribution in [2.24, 2.45) is 16.6 Å². The number of hydrogen-bond acceptors (Lipinski definition) is 4. The molecule has 0 aliphatic rings. The molecule has 0 saturated carbocycles. The topological polar surface area (TPSA) is 89.3 Å². The molecule has 3 N–H and O–H groups in total.